The number of carbonyl (C=O) groups excluding carboxylic acids is 2. The zero-order chi connectivity index (χ0) is 21.1. The molecule has 0 N–H and O–H groups in total. The first-order valence-corrected chi connectivity index (χ1v) is 8.75. The van der Waals surface area contributed by atoms with Gasteiger partial charge in [0.2, 0.25) is 0 Å². The third-order valence-corrected chi connectivity index (χ3v) is 4.40. The molecule has 0 aliphatic carbocycles. The summed E-state index contributed by atoms with van der Waals surface area (Å²) in [6, 6.07) is 13.8. The molecule has 3 rings (SSSR count). The van der Waals surface area contributed by atoms with Crippen LogP contribution in [0.5, 0.6) is 0 Å². The summed E-state index contributed by atoms with van der Waals surface area (Å²) in [7, 11) is 3.49. The van der Waals surface area contributed by atoms with Gasteiger partial charge in [-0.1, -0.05) is 29.8 Å². The first kappa shape index (κ1) is 19.6. The fourth-order valence-corrected chi connectivity index (χ4v) is 3.03. The van der Waals surface area contributed by atoms with Crippen LogP contribution in [-0.2, 0) is 4.79 Å². The molecule has 0 bridgehead atoms. The second-order valence-electron chi connectivity index (χ2n) is 6.78. The highest BCUT2D eigenvalue weighted by Crippen LogP contribution is 2.34. The van der Waals surface area contributed by atoms with E-state index in [1.54, 1.807) is 37.3 Å². The fraction of sp³-hybridized carbons (Fsp3) is 0.130. The summed E-state index contributed by atoms with van der Waals surface area (Å²) in [6.45, 7) is 1.92. The van der Waals surface area contributed by atoms with Crippen molar-refractivity contribution in [3.8, 4) is 12.1 Å². The van der Waals surface area contributed by atoms with Gasteiger partial charge in [-0.05, 0) is 13.0 Å². The monoisotopic (exact) mass is 383 g/mol. The van der Waals surface area contributed by atoms with Crippen LogP contribution in [0.3, 0.4) is 0 Å². The molecule has 0 saturated heterocycles. The van der Waals surface area contributed by atoms with E-state index in [1.165, 1.54) is 12.1 Å². The summed E-state index contributed by atoms with van der Waals surface area (Å²) in [4.78, 5) is 26.8. The minimum atomic E-state index is -0.334. The summed E-state index contributed by atoms with van der Waals surface area (Å²) >= 11 is 0. The van der Waals surface area contributed by atoms with Crippen molar-refractivity contribution in [2.75, 3.05) is 14.1 Å². The topological polar surface area (TPSA) is 98.1 Å². The molecule has 0 spiro atoms. The van der Waals surface area contributed by atoms with Crippen molar-refractivity contribution in [1.29, 1.82) is 10.5 Å². The average Bonchev–Trinajstić information content (AvgIpc) is 3.08. The summed E-state index contributed by atoms with van der Waals surface area (Å²) in [6.07, 6.45) is 2.16. The maximum absolute atomic E-state index is 13.3. The highest BCUT2D eigenvalue weighted by molar-refractivity contribution is 6.22. The van der Waals surface area contributed by atoms with Crippen molar-refractivity contribution in [1.82, 2.24) is 4.90 Å². The van der Waals surface area contributed by atoms with Crippen molar-refractivity contribution in [2.24, 2.45) is 0 Å². The molecule has 142 valence electrons. The predicted molar refractivity (Wildman–Crippen MR) is 108 cm³/mol. The Hall–Kier alpha value is -4.16. The van der Waals surface area contributed by atoms with E-state index in [4.69, 9.17) is 4.42 Å². The Morgan fingerprint density at radius 3 is 2.24 bits per heavy atom. The standard InChI is InChI=1S/C23H17N3O3/c1-14-4-6-15(7-5-14)22(28)21-19-8-16(10-24)17(11-25)9-20(19)29-23(21)18(13-27)12-26(2)3/h4-9,12-13H,1-3H3/b18-12-. The lowest BCUT2D eigenvalue weighted by Gasteiger charge is -2.08. The number of fused-ring (bicyclic) bond motifs is 1. The quantitative estimate of drug-likeness (QED) is 0.377. The molecular weight excluding hydrogens is 366 g/mol. The number of benzene rings is 2. The van der Waals surface area contributed by atoms with Crippen molar-refractivity contribution in [3.05, 3.63) is 76.2 Å². The summed E-state index contributed by atoms with van der Waals surface area (Å²) in [5.41, 5.74) is 2.33. The Labute approximate surface area is 167 Å². The van der Waals surface area contributed by atoms with Crippen LogP contribution in [0.4, 0.5) is 0 Å². The predicted octanol–water partition coefficient (Wildman–Crippen LogP) is 3.82. The van der Waals surface area contributed by atoms with Gasteiger partial charge in [0, 0.05) is 37.3 Å². The SMILES string of the molecule is Cc1ccc(C(=O)c2c(/C(C=O)=C\N(C)C)oc3cc(C#N)c(C#N)cc23)cc1. The molecule has 0 fully saturated rings. The number of hydrogen-bond acceptors (Lipinski definition) is 6. The normalized spacial score (nSPS) is 11.0. The molecular formula is C23H17N3O3. The minimum Gasteiger partial charge on any atom is -0.455 e. The molecule has 6 heteroatoms. The van der Waals surface area contributed by atoms with Crippen LogP contribution in [0, 0.1) is 29.6 Å². The zero-order valence-electron chi connectivity index (χ0n) is 16.2. The van der Waals surface area contributed by atoms with E-state index in [1.807, 2.05) is 31.2 Å². The second-order valence-corrected chi connectivity index (χ2v) is 6.78. The Morgan fingerprint density at radius 1 is 1.07 bits per heavy atom. The first-order valence-electron chi connectivity index (χ1n) is 8.75. The highest BCUT2D eigenvalue weighted by Gasteiger charge is 2.26. The van der Waals surface area contributed by atoms with Gasteiger partial charge in [0.25, 0.3) is 0 Å². The van der Waals surface area contributed by atoms with Gasteiger partial charge in [0.15, 0.2) is 17.8 Å². The average molecular weight is 383 g/mol. The molecule has 6 nitrogen and oxygen atoms in total. The Morgan fingerprint density at radius 2 is 1.69 bits per heavy atom. The molecule has 1 aromatic heterocycles. The Bertz CT molecular complexity index is 1230. The third-order valence-electron chi connectivity index (χ3n) is 4.40. The lowest BCUT2D eigenvalue weighted by Crippen LogP contribution is -2.07. The minimum absolute atomic E-state index is 0.105. The largest absolute Gasteiger partial charge is 0.455 e. The molecule has 0 unspecified atom stereocenters. The second kappa shape index (κ2) is 7.84. The van der Waals surface area contributed by atoms with E-state index in [0.717, 1.165) is 5.56 Å². The highest BCUT2D eigenvalue weighted by atomic mass is 16.3. The van der Waals surface area contributed by atoms with E-state index in [-0.39, 0.29) is 39.4 Å². The molecule has 0 saturated carbocycles. The maximum Gasteiger partial charge on any atom is 0.197 e. The number of nitrogens with zero attached hydrogens (tertiary/aromatic N) is 3. The smallest absolute Gasteiger partial charge is 0.197 e. The maximum atomic E-state index is 13.3. The van der Waals surface area contributed by atoms with Gasteiger partial charge in [-0.2, -0.15) is 10.5 Å². The number of nitriles is 2. The van der Waals surface area contributed by atoms with Crippen LogP contribution in [-0.4, -0.2) is 31.1 Å². The van der Waals surface area contributed by atoms with Gasteiger partial charge in [0.05, 0.1) is 22.3 Å². The summed E-state index contributed by atoms with van der Waals surface area (Å²) < 4.78 is 5.85. The van der Waals surface area contributed by atoms with E-state index >= 15 is 0 Å². The molecule has 0 aliphatic rings. The number of ketones is 1. The van der Waals surface area contributed by atoms with Crippen LogP contribution < -0.4 is 0 Å². The summed E-state index contributed by atoms with van der Waals surface area (Å²) in [5.74, 6) is -0.230. The Kier molecular flexibility index (Phi) is 5.29. The fourth-order valence-electron chi connectivity index (χ4n) is 3.03. The van der Waals surface area contributed by atoms with Crippen LogP contribution in [0.1, 0.15) is 38.4 Å². The zero-order valence-corrected chi connectivity index (χ0v) is 16.2. The van der Waals surface area contributed by atoms with Crippen molar-refractivity contribution >= 4 is 28.6 Å². The van der Waals surface area contributed by atoms with Crippen molar-refractivity contribution in [3.63, 3.8) is 0 Å². The van der Waals surface area contributed by atoms with Crippen LogP contribution in [0.15, 0.2) is 47.0 Å². The van der Waals surface area contributed by atoms with Gasteiger partial charge < -0.3 is 9.32 Å². The van der Waals surface area contributed by atoms with Crippen molar-refractivity contribution < 1.29 is 14.0 Å². The number of rotatable bonds is 5. The van der Waals surface area contributed by atoms with E-state index in [2.05, 4.69) is 0 Å². The number of hydrogen-bond donors (Lipinski definition) is 0. The number of aldehydes is 1. The van der Waals surface area contributed by atoms with Crippen molar-refractivity contribution in [2.45, 2.75) is 6.92 Å². The molecule has 2 aromatic carbocycles. The third kappa shape index (κ3) is 3.65. The number of allylic oxidation sites excluding steroid dienone is 1. The molecule has 0 aliphatic heterocycles. The van der Waals surface area contributed by atoms with E-state index < -0.39 is 0 Å². The molecule has 29 heavy (non-hydrogen) atoms. The lowest BCUT2D eigenvalue weighted by molar-refractivity contribution is -0.103. The van der Waals surface area contributed by atoms with Gasteiger partial charge in [-0.15, -0.1) is 0 Å². The van der Waals surface area contributed by atoms with Gasteiger partial charge in [-0.25, -0.2) is 0 Å². The molecule has 0 atom stereocenters. The van der Waals surface area contributed by atoms with Crippen LogP contribution in [0.2, 0.25) is 0 Å². The first-order chi connectivity index (χ1) is 13.9. The molecule has 0 amide bonds. The molecule has 1 heterocycles. The van der Waals surface area contributed by atoms with Crippen LogP contribution >= 0.6 is 0 Å². The number of furan rings is 1. The Balaban J connectivity index is 2.37. The van der Waals surface area contributed by atoms with Crippen LogP contribution in [0.25, 0.3) is 16.5 Å². The number of aryl methyl sites for hydroxylation is 1. The van der Waals surface area contributed by atoms with E-state index in [9.17, 15) is 20.1 Å². The van der Waals surface area contributed by atoms with Gasteiger partial charge in [0.1, 0.15) is 17.7 Å². The van der Waals surface area contributed by atoms with Gasteiger partial charge in [-0.3, -0.25) is 9.59 Å². The number of carbonyl (C=O) groups is 2. The lowest BCUT2D eigenvalue weighted by atomic mass is 9.95. The van der Waals surface area contributed by atoms with E-state index in [0.29, 0.717) is 17.2 Å². The molecule has 3 aromatic rings. The summed E-state index contributed by atoms with van der Waals surface area (Å²) in [5, 5.41) is 19.0. The van der Waals surface area contributed by atoms with Gasteiger partial charge >= 0.3 is 0 Å². The molecule has 0 radical (unpaired) electrons.